The van der Waals surface area contributed by atoms with Gasteiger partial charge in [-0.25, -0.2) is 0 Å². The highest BCUT2D eigenvalue weighted by molar-refractivity contribution is 9.10. The molecule has 0 aromatic heterocycles. The Labute approximate surface area is 126 Å². The molecule has 2 aromatic rings. The summed E-state index contributed by atoms with van der Waals surface area (Å²) in [5.41, 5.74) is 6.09. The maximum Gasteiger partial charge on any atom is 0.123 e. The number of nitrogens with one attached hydrogen (secondary N) is 1. The van der Waals surface area contributed by atoms with Gasteiger partial charge in [0.1, 0.15) is 30.5 Å². The summed E-state index contributed by atoms with van der Waals surface area (Å²) in [6.07, 6.45) is 0. The zero-order valence-electron chi connectivity index (χ0n) is 10.8. The number of nitrogens with two attached hydrogens (primary N) is 1. The first kappa shape index (κ1) is 14.4. The summed E-state index contributed by atoms with van der Waals surface area (Å²) >= 11 is 3.36. The van der Waals surface area contributed by atoms with E-state index in [9.17, 15) is 0 Å². The van der Waals surface area contributed by atoms with Crippen LogP contribution in [0.3, 0.4) is 0 Å². The third-order valence-corrected chi connectivity index (χ3v) is 3.25. The van der Waals surface area contributed by atoms with Gasteiger partial charge in [0.15, 0.2) is 0 Å². The highest BCUT2D eigenvalue weighted by atomic mass is 79.9. The van der Waals surface area contributed by atoms with E-state index in [-0.39, 0.29) is 5.84 Å². The molecule has 0 aliphatic heterocycles. The summed E-state index contributed by atoms with van der Waals surface area (Å²) in [5, 5.41) is 7.40. The van der Waals surface area contributed by atoms with Crippen molar-refractivity contribution in [1.82, 2.24) is 0 Å². The summed E-state index contributed by atoms with van der Waals surface area (Å²) in [4.78, 5) is 0. The van der Waals surface area contributed by atoms with Gasteiger partial charge in [0.2, 0.25) is 0 Å². The van der Waals surface area contributed by atoms with E-state index < -0.39 is 0 Å². The summed E-state index contributed by atoms with van der Waals surface area (Å²) in [7, 11) is 0. The Balaban J connectivity index is 1.83. The molecule has 0 aliphatic carbocycles. The molecule has 2 aromatic carbocycles. The standard InChI is InChI=1S/C15H15BrN2O2/c16-14-10-12(6-7-13(14)15(17)18)20-9-8-19-11-4-2-1-3-5-11/h1-7,10H,8-9H2,(H3,17,18). The molecule has 0 aliphatic rings. The van der Waals surface area contributed by atoms with Crippen molar-refractivity contribution >= 4 is 21.8 Å². The molecule has 0 unspecified atom stereocenters. The van der Waals surface area contributed by atoms with E-state index in [1.165, 1.54) is 0 Å². The maximum absolute atomic E-state index is 7.40. The largest absolute Gasteiger partial charge is 0.490 e. The highest BCUT2D eigenvalue weighted by Gasteiger charge is 2.04. The first-order valence-electron chi connectivity index (χ1n) is 6.11. The van der Waals surface area contributed by atoms with Crippen molar-refractivity contribution in [3.63, 3.8) is 0 Å². The van der Waals surface area contributed by atoms with E-state index in [0.29, 0.717) is 24.5 Å². The molecular formula is C15H15BrN2O2. The van der Waals surface area contributed by atoms with Gasteiger partial charge in [-0.3, -0.25) is 5.41 Å². The number of amidine groups is 1. The van der Waals surface area contributed by atoms with Gasteiger partial charge in [-0.05, 0) is 46.3 Å². The average molecular weight is 335 g/mol. The van der Waals surface area contributed by atoms with Crippen LogP contribution < -0.4 is 15.2 Å². The lowest BCUT2D eigenvalue weighted by Gasteiger charge is -2.10. The average Bonchev–Trinajstić information content (AvgIpc) is 2.44. The van der Waals surface area contributed by atoms with Gasteiger partial charge < -0.3 is 15.2 Å². The van der Waals surface area contributed by atoms with Crippen molar-refractivity contribution in [2.45, 2.75) is 0 Å². The van der Waals surface area contributed by atoms with Crippen molar-refractivity contribution in [2.75, 3.05) is 13.2 Å². The Bertz CT molecular complexity index is 588. The minimum atomic E-state index is 0.0239. The fourth-order valence-electron chi connectivity index (χ4n) is 1.64. The van der Waals surface area contributed by atoms with Gasteiger partial charge in [0.05, 0.1) is 0 Å². The lowest BCUT2D eigenvalue weighted by molar-refractivity contribution is 0.217. The molecule has 0 heterocycles. The first-order chi connectivity index (χ1) is 9.66. The van der Waals surface area contributed by atoms with E-state index in [1.54, 1.807) is 18.2 Å². The molecular weight excluding hydrogens is 320 g/mol. The highest BCUT2D eigenvalue weighted by Crippen LogP contribution is 2.22. The van der Waals surface area contributed by atoms with Crippen LogP contribution in [0.5, 0.6) is 11.5 Å². The Hall–Kier alpha value is -2.01. The zero-order valence-corrected chi connectivity index (χ0v) is 12.4. The van der Waals surface area contributed by atoms with Crippen molar-refractivity contribution in [2.24, 2.45) is 5.73 Å². The molecule has 2 rings (SSSR count). The molecule has 3 N–H and O–H groups in total. The van der Waals surface area contributed by atoms with Gasteiger partial charge in [0.25, 0.3) is 0 Å². The van der Waals surface area contributed by atoms with Crippen LogP contribution in [0, 0.1) is 5.41 Å². The lowest BCUT2D eigenvalue weighted by Crippen LogP contribution is -2.12. The molecule has 0 spiro atoms. The van der Waals surface area contributed by atoms with Crippen LogP contribution in [0.2, 0.25) is 0 Å². The third kappa shape index (κ3) is 3.99. The van der Waals surface area contributed by atoms with Crippen molar-refractivity contribution in [3.05, 3.63) is 58.6 Å². The Kier molecular flexibility index (Phi) is 5.01. The van der Waals surface area contributed by atoms with Gasteiger partial charge >= 0.3 is 0 Å². The second kappa shape index (κ2) is 6.96. The number of hydrogen-bond acceptors (Lipinski definition) is 3. The van der Waals surface area contributed by atoms with Crippen LogP contribution in [0.25, 0.3) is 0 Å². The number of nitrogen functional groups attached to an aromatic ring is 1. The quantitative estimate of drug-likeness (QED) is 0.484. The predicted molar refractivity (Wildman–Crippen MR) is 82.6 cm³/mol. The second-order valence-electron chi connectivity index (χ2n) is 4.07. The van der Waals surface area contributed by atoms with Crippen LogP contribution in [-0.4, -0.2) is 19.0 Å². The van der Waals surface area contributed by atoms with Gasteiger partial charge in [-0.2, -0.15) is 0 Å². The molecule has 5 heteroatoms. The van der Waals surface area contributed by atoms with E-state index in [2.05, 4.69) is 15.9 Å². The number of hydrogen-bond donors (Lipinski definition) is 2. The molecule has 20 heavy (non-hydrogen) atoms. The molecule has 0 fully saturated rings. The lowest BCUT2D eigenvalue weighted by atomic mass is 10.2. The molecule has 0 saturated heterocycles. The van der Waals surface area contributed by atoms with Crippen LogP contribution in [0.1, 0.15) is 5.56 Å². The fourth-order valence-corrected chi connectivity index (χ4v) is 2.21. The topological polar surface area (TPSA) is 68.3 Å². The third-order valence-electron chi connectivity index (χ3n) is 2.59. The fraction of sp³-hybridized carbons (Fsp3) is 0.133. The first-order valence-corrected chi connectivity index (χ1v) is 6.90. The van der Waals surface area contributed by atoms with Crippen LogP contribution >= 0.6 is 15.9 Å². The summed E-state index contributed by atoms with van der Waals surface area (Å²) in [6.45, 7) is 0.914. The number of benzene rings is 2. The normalized spacial score (nSPS) is 10.1. The molecule has 0 saturated carbocycles. The monoisotopic (exact) mass is 334 g/mol. The Morgan fingerprint density at radius 3 is 2.25 bits per heavy atom. The van der Waals surface area contributed by atoms with Crippen LogP contribution in [-0.2, 0) is 0 Å². The SMILES string of the molecule is N=C(N)c1ccc(OCCOc2ccccc2)cc1Br. The summed E-state index contributed by atoms with van der Waals surface area (Å²) < 4.78 is 11.8. The molecule has 4 nitrogen and oxygen atoms in total. The number of rotatable bonds is 6. The van der Waals surface area contributed by atoms with Gasteiger partial charge in [-0.15, -0.1) is 0 Å². The summed E-state index contributed by atoms with van der Waals surface area (Å²) in [5.74, 6) is 1.55. The molecule has 0 atom stereocenters. The predicted octanol–water partition coefficient (Wildman–Crippen LogP) is 3.19. The van der Waals surface area contributed by atoms with Crippen LogP contribution in [0.4, 0.5) is 0 Å². The minimum absolute atomic E-state index is 0.0239. The smallest absolute Gasteiger partial charge is 0.123 e. The van der Waals surface area contributed by atoms with Crippen LogP contribution in [0.15, 0.2) is 53.0 Å². The van der Waals surface area contributed by atoms with Gasteiger partial charge in [-0.1, -0.05) is 18.2 Å². The second-order valence-corrected chi connectivity index (χ2v) is 4.92. The minimum Gasteiger partial charge on any atom is -0.490 e. The Morgan fingerprint density at radius 1 is 1.00 bits per heavy atom. The number of halogens is 1. The Morgan fingerprint density at radius 2 is 1.65 bits per heavy atom. The number of para-hydroxylation sites is 1. The summed E-state index contributed by atoms with van der Waals surface area (Å²) in [6, 6.07) is 14.9. The molecule has 0 amide bonds. The van der Waals surface area contributed by atoms with Crippen molar-refractivity contribution < 1.29 is 9.47 Å². The van der Waals surface area contributed by atoms with E-state index in [4.69, 9.17) is 20.6 Å². The van der Waals surface area contributed by atoms with Crippen molar-refractivity contribution in [3.8, 4) is 11.5 Å². The van der Waals surface area contributed by atoms with Crippen molar-refractivity contribution in [1.29, 1.82) is 5.41 Å². The molecule has 0 bridgehead atoms. The number of ether oxygens (including phenoxy) is 2. The zero-order chi connectivity index (χ0) is 14.4. The van der Waals surface area contributed by atoms with E-state index in [0.717, 1.165) is 10.2 Å². The van der Waals surface area contributed by atoms with Gasteiger partial charge in [0, 0.05) is 10.0 Å². The molecule has 104 valence electrons. The maximum atomic E-state index is 7.40. The van der Waals surface area contributed by atoms with E-state index >= 15 is 0 Å². The molecule has 0 radical (unpaired) electrons. The van der Waals surface area contributed by atoms with E-state index in [1.807, 2.05) is 30.3 Å².